The van der Waals surface area contributed by atoms with E-state index in [1.165, 1.54) is 22.3 Å². The number of fused-ring (bicyclic) bond motifs is 6. The summed E-state index contributed by atoms with van der Waals surface area (Å²) in [4.78, 5) is 11.7. The van der Waals surface area contributed by atoms with E-state index < -0.39 is 6.08 Å². The molecule has 6 heteroatoms. The fourth-order valence-corrected chi connectivity index (χ4v) is 6.02. The Morgan fingerprint density at radius 2 is 1.50 bits per heavy atom. The van der Waals surface area contributed by atoms with Crippen molar-refractivity contribution in [2.75, 3.05) is 0 Å². The molecule has 1 aromatic carbocycles. The molecule has 4 nitrogen and oxygen atoms in total. The Hall–Kier alpha value is -2.50. The van der Waals surface area contributed by atoms with E-state index in [9.17, 15) is 4.39 Å². The number of benzene rings is 1. The van der Waals surface area contributed by atoms with Crippen LogP contribution in [-0.4, -0.2) is 22.8 Å². The third-order valence-electron chi connectivity index (χ3n) is 9.52. The van der Waals surface area contributed by atoms with Crippen LogP contribution in [0.3, 0.4) is 0 Å². The van der Waals surface area contributed by atoms with Crippen molar-refractivity contribution >= 4 is 24.8 Å². The first kappa shape index (κ1) is 21.4. The summed E-state index contributed by atoms with van der Waals surface area (Å²) in [6.07, 6.45) is 3.19. The van der Waals surface area contributed by atoms with Crippen molar-refractivity contribution in [3.63, 3.8) is 0 Å². The second-order valence-corrected chi connectivity index (χ2v) is 11.4. The van der Waals surface area contributed by atoms with E-state index in [1.807, 2.05) is 6.08 Å². The Morgan fingerprint density at radius 1 is 0.875 bits per heavy atom. The second-order valence-electron chi connectivity index (χ2n) is 11.4. The van der Waals surface area contributed by atoms with Gasteiger partial charge in [0, 0.05) is 22.8 Å². The minimum Gasteiger partial charge on any atom is -0.375 e. The summed E-state index contributed by atoms with van der Waals surface area (Å²) in [5, 5.41) is 3.76. The molecule has 2 aromatic rings. The van der Waals surface area contributed by atoms with Crippen molar-refractivity contribution in [3.05, 3.63) is 58.4 Å². The van der Waals surface area contributed by atoms with Crippen molar-refractivity contribution in [1.29, 1.82) is 0 Å². The molecule has 1 aromatic heterocycles. The van der Waals surface area contributed by atoms with Gasteiger partial charge < -0.3 is 5.32 Å². The lowest BCUT2D eigenvalue weighted by Crippen LogP contribution is -2.42. The highest BCUT2D eigenvalue weighted by Gasteiger charge is 2.58. The van der Waals surface area contributed by atoms with E-state index in [0.29, 0.717) is 5.82 Å². The number of hydrogen-bond donors (Lipinski definition) is 1. The predicted octanol–water partition coefficient (Wildman–Crippen LogP) is 4.29. The first-order valence-electron chi connectivity index (χ1n) is 11.3. The first-order chi connectivity index (χ1) is 14.7. The average molecular weight is 428 g/mol. The fourth-order valence-electron chi connectivity index (χ4n) is 6.02. The molecule has 0 fully saturated rings. The van der Waals surface area contributed by atoms with Crippen molar-refractivity contribution in [2.24, 2.45) is 11.3 Å². The molecule has 3 heterocycles. The van der Waals surface area contributed by atoms with Crippen LogP contribution in [0.5, 0.6) is 0 Å². The van der Waals surface area contributed by atoms with Crippen LogP contribution in [0.4, 0.5) is 4.39 Å². The Kier molecular flexibility index (Phi) is 4.06. The lowest BCUT2D eigenvalue weighted by molar-refractivity contribution is 0.125. The normalized spacial score (nSPS) is 28.2. The van der Waals surface area contributed by atoms with Crippen molar-refractivity contribution in [3.8, 4) is 0 Å². The molecule has 1 N–H and O–H groups in total. The van der Waals surface area contributed by atoms with Gasteiger partial charge in [0.2, 0.25) is 0 Å². The summed E-state index contributed by atoms with van der Waals surface area (Å²) in [5.74, 6) is 0.266. The lowest BCUT2D eigenvalue weighted by Gasteiger charge is -2.44. The van der Waals surface area contributed by atoms with Crippen molar-refractivity contribution in [2.45, 2.75) is 71.8 Å². The predicted molar refractivity (Wildman–Crippen MR) is 127 cm³/mol. The molecular weight excluding hydrogens is 398 g/mol. The molecule has 0 saturated heterocycles. The van der Waals surface area contributed by atoms with Gasteiger partial charge in [0.15, 0.2) is 13.7 Å². The molecule has 164 valence electrons. The zero-order valence-electron chi connectivity index (χ0n) is 20.2. The minimum atomic E-state index is -0.856. The molecule has 32 heavy (non-hydrogen) atoms. The van der Waals surface area contributed by atoms with Crippen LogP contribution in [-0.2, 0) is 16.4 Å². The Morgan fingerprint density at radius 3 is 2.12 bits per heavy atom. The third-order valence-corrected chi connectivity index (χ3v) is 9.52. The highest BCUT2D eigenvalue weighted by Crippen LogP contribution is 2.63. The summed E-state index contributed by atoms with van der Waals surface area (Å²) in [5.41, 5.74) is 6.94. The Labute approximate surface area is 191 Å². The van der Waals surface area contributed by atoms with Gasteiger partial charge in [-0.05, 0) is 52.0 Å². The van der Waals surface area contributed by atoms with E-state index in [4.69, 9.17) is 7.85 Å². The number of rotatable bonds is 1. The maximum Gasteiger partial charge on any atom is 0.311 e. The van der Waals surface area contributed by atoms with Crippen LogP contribution < -0.4 is 11.0 Å². The molecule has 5 rings (SSSR count). The summed E-state index contributed by atoms with van der Waals surface area (Å²) in [7, 11) is 5.72. The number of nitrogens with zero attached hydrogens (tertiary/aromatic N) is 3. The van der Waals surface area contributed by atoms with Crippen LogP contribution in [0, 0.1) is 17.4 Å². The van der Waals surface area contributed by atoms with Crippen LogP contribution in [0.1, 0.15) is 83.5 Å². The molecule has 1 aliphatic carbocycles. The first-order valence-corrected chi connectivity index (χ1v) is 11.3. The van der Waals surface area contributed by atoms with E-state index >= 15 is 0 Å². The van der Waals surface area contributed by atoms with Gasteiger partial charge in [-0.3, -0.25) is 0 Å². The topological polar surface area (TPSA) is 50.7 Å². The van der Waals surface area contributed by atoms with E-state index in [1.54, 1.807) is 0 Å². The number of allylic oxidation sites excluding steroid dienone is 2. The average Bonchev–Trinajstić information content (AvgIpc) is 2.95. The van der Waals surface area contributed by atoms with Gasteiger partial charge in [0.1, 0.15) is 0 Å². The number of hydrogen-bond acceptors (Lipinski definition) is 4. The smallest absolute Gasteiger partial charge is 0.311 e. The molecular formula is C26H30BFN4. The largest absolute Gasteiger partial charge is 0.375 e. The molecule has 2 radical (unpaired) electrons. The van der Waals surface area contributed by atoms with Crippen LogP contribution >= 0.6 is 0 Å². The highest BCUT2D eigenvalue weighted by atomic mass is 19.1. The summed E-state index contributed by atoms with van der Waals surface area (Å²) in [6, 6.07) is 4.81. The van der Waals surface area contributed by atoms with Gasteiger partial charge in [-0.1, -0.05) is 60.6 Å². The van der Waals surface area contributed by atoms with E-state index in [0.717, 1.165) is 11.3 Å². The minimum absolute atomic E-state index is 0.0199. The van der Waals surface area contributed by atoms with Gasteiger partial charge >= 0.3 is 6.08 Å². The molecule has 2 atom stereocenters. The summed E-state index contributed by atoms with van der Waals surface area (Å²) in [6.45, 7) is 18.6. The molecule has 0 spiro atoms. The van der Waals surface area contributed by atoms with Gasteiger partial charge in [-0.2, -0.15) is 14.4 Å². The standard InChI is InChI=1S/C26H30BFN4/c1-13-14(20-29-21(27)31-22(28)30-20)9-10-19-15-11-17-18(12-16(15)26(13,8)32-19)24(4,5)25(6,7)23(17,2)3/h9-13,32H,1-8H3. The molecule has 0 saturated carbocycles. The van der Waals surface area contributed by atoms with E-state index in [2.05, 4.69) is 93.9 Å². The van der Waals surface area contributed by atoms with Crippen LogP contribution in [0.25, 0.3) is 11.3 Å². The molecule has 2 unspecified atom stereocenters. The van der Waals surface area contributed by atoms with Crippen molar-refractivity contribution in [1.82, 2.24) is 20.3 Å². The number of nitrogens with one attached hydrogen (secondary N) is 1. The van der Waals surface area contributed by atoms with Gasteiger partial charge in [0.05, 0.1) is 11.3 Å². The Bertz CT molecular complexity index is 1220. The molecule has 0 amide bonds. The van der Waals surface area contributed by atoms with Gasteiger partial charge in [0.25, 0.3) is 0 Å². The summed E-state index contributed by atoms with van der Waals surface area (Å²) < 4.78 is 13.9. The Balaban J connectivity index is 1.73. The van der Waals surface area contributed by atoms with Crippen LogP contribution in [0.15, 0.2) is 24.3 Å². The zero-order valence-corrected chi connectivity index (χ0v) is 20.2. The zero-order chi connectivity index (χ0) is 23.4. The monoisotopic (exact) mass is 428 g/mol. The second kappa shape index (κ2) is 6.09. The molecule has 2 aliphatic heterocycles. The SMILES string of the molecule is [B]c1nc(F)nc(C2=CC=C3NC(C)(c4cc5c(cc43)C(C)(C)C(C)(C)C5(C)C)C2C)n1. The number of aromatic nitrogens is 3. The number of halogens is 1. The molecule has 3 aliphatic rings. The lowest BCUT2D eigenvalue weighted by atomic mass is 9.59. The maximum absolute atomic E-state index is 13.9. The quantitative estimate of drug-likeness (QED) is 0.689. The molecule has 2 bridgehead atoms. The van der Waals surface area contributed by atoms with Crippen LogP contribution in [0.2, 0.25) is 0 Å². The highest BCUT2D eigenvalue weighted by molar-refractivity contribution is 6.28. The summed E-state index contributed by atoms with van der Waals surface area (Å²) >= 11 is 0. The third kappa shape index (κ3) is 2.41. The maximum atomic E-state index is 13.9. The van der Waals surface area contributed by atoms with E-state index in [-0.39, 0.29) is 33.4 Å². The van der Waals surface area contributed by atoms with Crippen molar-refractivity contribution < 1.29 is 4.39 Å². The van der Waals surface area contributed by atoms with Gasteiger partial charge in [-0.25, -0.2) is 4.98 Å². The van der Waals surface area contributed by atoms with Gasteiger partial charge in [-0.15, -0.1) is 0 Å². The fraction of sp³-hybridized carbons (Fsp3) is 0.500.